The highest BCUT2D eigenvalue weighted by atomic mass is 16.4. The van der Waals surface area contributed by atoms with Crippen LogP contribution < -0.4 is 5.32 Å². The molecule has 1 unspecified atom stereocenters. The van der Waals surface area contributed by atoms with Crippen LogP contribution in [0.2, 0.25) is 0 Å². The molecule has 1 amide bonds. The molecule has 1 saturated heterocycles. The number of rotatable bonds is 1. The van der Waals surface area contributed by atoms with Gasteiger partial charge >= 0.3 is 6.09 Å². The monoisotopic (exact) mass is 186 g/mol. The molecule has 1 rings (SSSR count). The lowest BCUT2D eigenvalue weighted by molar-refractivity contribution is 0.0977. The second-order valence-corrected chi connectivity index (χ2v) is 4.47. The predicted octanol–water partition coefficient (Wildman–Crippen LogP) is 1.47. The van der Waals surface area contributed by atoms with Gasteiger partial charge in [-0.1, -0.05) is 0 Å². The van der Waals surface area contributed by atoms with E-state index in [1.54, 1.807) is 0 Å². The van der Waals surface area contributed by atoms with E-state index in [1.165, 1.54) is 0 Å². The standard InChI is InChI=1S/C9H18N2O2/c1-9(2,3)11-6-4-5-7(11)10-8(12)13/h7,10H,4-6H2,1-3H3,(H,12,13). The Morgan fingerprint density at radius 3 is 2.62 bits per heavy atom. The fraction of sp³-hybridized carbons (Fsp3) is 0.889. The Balaban J connectivity index is 2.59. The number of carboxylic acid groups (broad SMARTS) is 1. The Kier molecular flexibility index (Phi) is 2.81. The van der Waals surface area contributed by atoms with Crippen molar-refractivity contribution in [3.63, 3.8) is 0 Å². The molecule has 1 heterocycles. The molecule has 0 radical (unpaired) electrons. The summed E-state index contributed by atoms with van der Waals surface area (Å²) in [6.07, 6.45) is 1.06. The van der Waals surface area contributed by atoms with E-state index in [9.17, 15) is 4.79 Å². The minimum Gasteiger partial charge on any atom is -0.465 e. The summed E-state index contributed by atoms with van der Waals surface area (Å²) >= 11 is 0. The van der Waals surface area contributed by atoms with Crippen LogP contribution in [0.15, 0.2) is 0 Å². The number of hydrogen-bond acceptors (Lipinski definition) is 2. The number of carbonyl (C=O) groups is 1. The topological polar surface area (TPSA) is 52.6 Å². The Bertz CT molecular complexity index is 198. The van der Waals surface area contributed by atoms with E-state index in [2.05, 4.69) is 31.0 Å². The summed E-state index contributed by atoms with van der Waals surface area (Å²) in [5.74, 6) is 0. The quantitative estimate of drug-likeness (QED) is 0.652. The van der Waals surface area contributed by atoms with E-state index in [0.29, 0.717) is 0 Å². The van der Waals surface area contributed by atoms with E-state index < -0.39 is 6.09 Å². The summed E-state index contributed by atoms with van der Waals surface area (Å²) in [5, 5.41) is 11.2. The number of nitrogens with zero attached hydrogens (tertiary/aromatic N) is 1. The zero-order chi connectivity index (χ0) is 10.1. The Morgan fingerprint density at radius 1 is 1.54 bits per heavy atom. The average molecular weight is 186 g/mol. The van der Waals surface area contributed by atoms with E-state index in [1.807, 2.05) is 0 Å². The maximum absolute atomic E-state index is 10.5. The van der Waals surface area contributed by atoms with Crippen molar-refractivity contribution in [2.75, 3.05) is 6.54 Å². The van der Waals surface area contributed by atoms with E-state index in [4.69, 9.17) is 5.11 Å². The maximum Gasteiger partial charge on any atom is 0.405 e. The van der Waals surface area contributed by atoms with Crippen LogP contribution in [-0.2, 0) is 0 Å². The maximum atomic E-state index is 10.5. The van der Waals surface area contributed by atoms with Crippen LogP contribution in [0, 0.1) is 0 Å². The first-order valence-corrected chi connectivity index (χ1v) is 4.67. The van der Waals surface area contributed by atoms with Gasteiger partial charge in [0.1, 0.15) is 0 Å². The minimum atomic E-state index is -0.929. The average Bonchev–Trinajstić information content (AvgIpc) is 2.31. The highest BCUT2D eigenvalue weighted by Gasteiger charge is 2.33. The summed E-state index contributed by atoms with van der Waals surface area (Å²) in [6.45, 7) is 7.30. The highest BCUT2D eigenvalue weighted by Crippen LogP contribution is 2.24. The first kappa shape index (κ1) is 10.3. The van der Waals surface area contributed by atoms with Gasteiger partial charge in [-0.15, -0.1) is 0 Å². The van der Waals surface area contributed by atoms with Crippen molar-refractivity contribution in [3.05, 3.63) is 0 Å². The van der Waals surface area contributed by atoms with E-state index in [-0.39, 0.29) is 11.7 Å². The lowest BCUT2D eigenvalue weighted by Gasteiger charge is -2.36. The Labute approximate surface area is 78.9 Å². The molecule has 0 aromatic carbocycles. The van der Waals surface area contributed by atoms with E-state index in [0.717, 1.165) is 19.4 Å². The molecular formula is C9H18N2O2. The largest absolute Gasteiger partial charge is 0.465 e. The molecule has 0 aromatic rings. The van der Waals surface area contributed by atoms with Crippen LogP contribution in [0.5, 0.6) is 0 Å². The van der Waals surface area contributed by atoms with Crippen LogP contribution >= 0.6 is 0 Å². The molecule has 0 aromatic heterocycles. The third-order valence-corrected chi connectivity index (χ3v) is 2.40. The van der Waals surface area contributed by atoms with Gasteiger partial charge in [0.15, 0.2) is 0 Å². The second-order valence-electron chi connectivity index (χ2n) is 4.47. The molecule has 0 bridgehead atoms. The van der Waals surface area contributed by atoms with Crippen molar-refractivity contribution in [1.82, 2.24) is 10.2 Å². The van der Waals surface area contributed by atoms with Crippen molar-refractivity contribution in [1.29, 1.82) is 0 Å². The van der Waals surface area contributed by atoms with Crippen LogP contribution in [0.25, 0.3) is 0 Å². The molecule has 1 aliphatic heterocycles. The second kappa shape index (κ2) is 3.54. The number of likely N-dealkylation sites (tertiary alicyclic amines) is 1. The lowest BCUT2D eigenvalue weighted by atomic mass is 10.1. The van der Waals surface area contributed by atoms with Crippen molar-refractivity contribution >= 4 is 6.09 Å². The lowest BCUT2D eigenvalue weighted by Crippen LogP contribution is -2.51. The van der Waals surface area contributed by atoms with Crippen molar-refractivity contribution < 1.29 is 9.90 Å². The molecule has 76 valence electrons. The molecule has 0 spiro atoms. The summed E-state index contributed by atoms with van der Waals surface area (Å²) in [5.41, 5.74) is 0.0453. The SMILES string of the molecule is CC(C)(C)N1CCCC1NC(=O)O. The minimum absolute atomic E-state index is 0.00231. The Hall–Kier alpha value is -0.770. The normalized spacial score (nSPS) is 24.7. The third kappa shape index (κ3) is 2.59. The van der Waals surface area contributed by atoms with Gasteiger partial charge in [0.2, 0.25) is 0 Å². The fourth-order valence-corrected chi connectivity index (χ4v) is 1.86. The van der Waals surface area contributed by atoms with Crippen molar-refractivity contribution in [2.45, 2.75) is 45.3 Å². The van der Waals surface area contributed by atoms with Crippen LogP contribution in [0.1, 0.15) is 33.6 Å². The molecule has 4 heteroatoms. The summed E-state index contributed by atoms with van der Waals surface area (Å²) < 4.78 is 0. The summed E-state index contributed by atoms with van der Waals surface area (Å²) in [6, 6.07) is 0. The van der Waals surface area contributed by atoms with Gasteiger partial charge in [-0.3, -0.25) is 4.90 Å². The van der Waals surface area contributed by atoms with Gasteiger partial charge in [-0.2, -0.15) is 0 Å². The van der Waals surface area contributed by atoms with Gasteiger partial charge in [0.05, 0.1) is 6.17 Å². The number of nitrogens with one attached hydrogen (secondary N) is 1. The van der Waals surface area contributed by atoms with Gasteiger partial charge in [0, 0.05) is 12.1 Å². The first-order valence-electron chi connectivity index (χ1n) is 4.67. The zero-order valence-corrected chi connectivity index (χ0v) is 8.50. The van der Waals surface area contributed by atoms with Crippen molar-refractivity contribution in [3.8, 4) is 0 Å². The molecule has 1 atom stereocenters. The van der Waals surface area contributed by atoms with Crippen molar-refractivity contribution in [2.24, 2.45) is 0 Å². The molecule has 0 aliphatic carbocycles. The molecular weight excluding hydrogens is 168 g/mol. The predicted molar refractivity (Wildman–Crippen MR) is 50.6 cm³/mol. The van der Waals surface area contributed by atoms with Gasteiger partial charge in [-0.25, -0.2) is 4.79 Å². The molecule has 1 fully saturated rings. The highest BCUT2D eigenvalue weighted by molar-refractivity contribution is 5.64. The Morgan fingerprint density at radius 2 is 2.15 bits per heavy atom. The van der Waals surface area contributed by atoms with Gasteiger partial charge in [0.25, 0.3) is 0 Å². The molecule has 13 heavy (non-hydrogen) atoms. The summed E-state index contributed by atoms with van der Waals surface area (Å²) in [7, 11) is 0. The van der Waals surface area contributed by atoms with Gasteiger partial charge in [-0.05, 0) is 33.6 Å². The molecule has 4 nitrogen and oxygen atoms in total. The number of hydrogen-bond donors (Lipinski definition) is 2. The molecule has 0 saturated carbocycles. The smallest absolute Gasteiger partial charge is 0.405 e. The van der Waals surface area contributed by atoms with E-state index >= 15 is 0 Å². The summed E-state index contributed by atoms with van der Waals surface area (Å²) in [4.78, 5) is 12.7. The van der Waals surface area contributed by atoms with Crippen LogP contribution in [-0.4, -0.2) is 34.3 Å². The molecule has 1 aliphatic rings. The fourth-order valence-electron chi connectivity index (χ4n) is 1.86. The number of amides is 1. The van der Waals surface area contributed by atoms with Crippen LogP contribution in [0.3, 0.4) is 0 Å². The zero-order valence-electron chi connectivity index (χ0n) is 8.50. The molecule has 2 N–H and O–H groups in total. The van der Waals surface area contributed by atoms with Crippen LogP contribution in [0.4, 0.5) is 4.79 Å². The first-order chi connectivity index (χ1) is 5.91. The van der Waals surface area contributed by atoms with Gasteiger partial charge < -0.3 is 10.4 Å². The third-order valence-electron chi connectivity index (χ3n) is 2.40.